The van der Waals surface area contributed by atoms with Crippen molar-refractivity contribution in [1.82, 2.24) is 0 Å². The summed E-state index contributed by atoms with van der Waals surface area (Å²) in [5.74, 6) is -0.184. The average Bonchev–Trinajstić information content (AvgIpc) is 2.19. The first-order chi connectivity index (χ1) is 7.06. The molecule has 0 aliphatic heterocycles. The van der Waals surface area contributed by atoms with Crippen LogP contribution in [0.4, 0.5) is 0 Å². The van der Waals surface area contributed by atoms with Gasteiger partial charge in [0.05, 0.1) is 5.92 Å². The summed E-state index contributed by atoms with van der Waals surface area (Å²) in [5, 5.41) is 7.97. The van der Waals surface area contributed by atoms with Gasteiger partial charge in [0.15, 0.2) is 0 Å². The number of Topliss-reactive ketones (excluding diaryl/α,β-unsaturated/α-hetero) is 1. The van der Waals surface area contributed by atoms with E-state index in [-0.39, 0.29) is 11.7 Å². The number of aryl methyl sites for hydroxylation is 1. The number of rotatable bonds is 4. The Balaban J connectivity index is 2.93. The van der Waals surface area contributed by atoms with Crippen LogP contribution in [0.2, 0.25) is 0 Å². The minimum Gasteiger partial charge on any atom is -0.304 e. The molecule has 1 aromatic carbocycles. The molecule has 2 heteroatoms. The van der Waals surface area contributed by atoms with Crippen molar-refractivity contribution in [3.63, 3.8) is 0 Å². The van der Waals surface area contributed by atoms with Crippen molar-refractivity contribution in [2.45, 2.75) is 27.2 Å². The van der Waals surface area contributed by atoms with E-state index in [1.165, 1.54) is 5.56 Å². The van der Waals surface area contributed by atoms with E-state index in [0.717, 1.165) is 5.56 Å². The van der Waals surface area contributed by atoms with Crippen LogP contribution in [0.15, 0.2) is 24.3 Å². The molecule has 1 N–H and O–H groups in total. The van der Waals surface area contributed by atoms with E-state index in [4.69, 9.17) is 5.41 Å². The van der Waals surface area contributed by atoms with E-state index in [1.807, 2.05) is 38.1 Å². The lowest BCUT2D eigenvalue weighted by molar-refractivity contribution is -0.118. The predicted molar refractivity (Wildman–Crippen MR) is 62.5 cm³/mol. The molecule has 1 rings (SSSR count). The molecule has 0 saturated heterocycles. The quantitative estimate of drug-likeness (QED) is 0.751. The Morgan fingerprint density at radius 1 is 1.33 bits per heavy atom. The monoisotopic (exact) mass is 203 g/mol. The maximum atomic E-state index is 11.3. The van der Waals surface area contributed by atoms with E-state index in [1.54, 1.807) is 6.92 Å². The van der Waals surface area contributed by atoms with Crippen LogP contribution in [0.1, 0.15) is 31.4 Å². The molecule has 0 aliphatic rings. The fraction of sp³-hybridized carbons (Fsp3) is 0.385. The molecule has 2 nitrogen and oxygen atoms in total. The largest absolute Gasteiger partial charge is 0.304 e. The zero-order chi connectivity index (χ0) is 11.4. The third-order valence-corrected chi connectivity index (χ3v) is 2.61. The summed E-state index contributed by atoms with van der Waals surface area (Å²) in [7, 11) is 0. The molecule has 0 radical (unpaired) electrons. The van der Waals surface area contributed by atoms with Gasteiger partial charge in [0, 0.05) is 5.71 Å². The molecule has 15 heavy (non-hydrogen) atoms. The number of carbonyl (C=O) groups is 1. The fourth-order valence-corrected chi connectivity index (χ4v) is 1.63. The normalized spacial score (nSPS) is 12.2. The molecule has 0 bridgehead atoms. The van der Waals surface area contributed by atoms with Crippen molar-refractivity contribution in [1.29, 1.82) is 5.41 Å². The van der Waals surface area contributed by atoms with Crippen molar-refractivity contribution < 1.29 is 4.79 Å². The number of ketones is 1. The van der Waals surface area contributed by atoms with Crippen molar-refractivity contribution in [3.8, 4) is 0 Å². The van der Waals surface area contributed by atoms with Crippen LogP contribution in [0.5, 0.6) is 0 Å². The summed E-state index contributed by atoms with van der Waals surface area (Å²) < 4.78 is 0. The van der Waals surface area contributed by atoms with Gasteiger partial charge in [-0.1, -0.05) is 36.8 Å². The molecule has 0 amide bonds. The van der Waals surface area contributed by atoms with E-state index < -0.39 is 0 Å². The molecule has 0 aliphatic carbocycles. The van der Waals surface area contributed by atoms with Gasteiger partial charge >= 0.3 is 0 Å². The summed E-state index contributed by atoms with van der Waals surface area (Å²) in [6.07, 6.45) is 0.696. The highest BCUT2D eigenvalue weighted by Gasteiger charge is 2.18. The first-order valence-corrected chi connectivity index (χ1v) is 5.22. The van der Waals surface area contributed by atoms with Gasteiger partial charge in [-0.15, -0.1) is 0 Å². The minimum absolute atomic E-state index is 0.0723. The Morgan fingerprint density at radius 2 is 1.87 bits per heavy atom. The SMILES string of the molecule is CCC(C(=N)c1ccc(C)cc1)C(C)=O. The van der Waals surface area contributed by atoms with Crippen LogP contribution in [-0.2, 0) is 4.79 Å². The maximum absolute atomic E-state index is 11.3. The van der Waals surface area contributed by atoms with Crippen LogP contribution in [0.3, 0.4) is 0 Å². The maximum Gasteiger partial charge on any atom is 0.138 e. The molecule has 0 saturated carbocycles. The van der Waals surface area contributed by atoms with Gasteiger partial charge < -0.3 is 5.41 Å². The van der Waals surface area contributed by atoms with E-state index in [9.17, 15) is 4.79 Å². The molecule has 0 aromatic heterocycles. The third kappa shape index (κ3) is 2.75. The summed E-state index contributed by atoms with van der Waals surface area (Å²) in [6, 6.07) is 7.75. The second-order valence-electron chi connectivity index (χ2n) is 3.85. The lowest BCUT2D eigenvalue weighted by atomic mass is 9.91. The lowest BCUT2D eigenvalue weighted by Gasteiger charge is -2.13. The lowest BCUT2D eigenvalue weighted by Crippen LogP contribution is -2.21. The Morgan fingerprint density at radius 3 is 2.27 bits per heavy atom. The second kappa shape index (κ2) is 4.87. The Labute approximate surface area is 90.8 Å². The highest BCUT2D eigenvalue weighted by Crippen LogP contribution is 2.14. The molecule has 80 valence electrons. The van der Waals surface area contributed by atoms with Crippen LogP contribution >= 0.6 is 0 Å². The van der Waals surface area contributed by atoms with Gasteiger partial charge in [-0.25, -0.2) is 0 Å². The van der Waals surface area contributed by atoms with E-state index in [2.05, 4.69) is 0 Å². The molecule has 1 atom stereocenters. The van der Waals surface area contributed by atoms with Gasteiger partial charge in [-0.3, -0.25) is 4.79 Å². The molecular weight excluding hydrogens is 186 g/mol. The van der Waals surface area contributed by atoms with Gasteiger partial charge in [-0.05, 0) is 25.8 Å². The number of benzene rings is 1. The molecule has 1 unspecified atom stereocenters. The first kappa shape index (κ1) is 11.6. The first-order valence-electron chi connectivity index (χ1n) is 5.22. The van der Waals surface area contributed by atoms with Gasteiger partial charge in [0.1, 0.15) is 5.78 Å². The minimum atomic E-state index is -0.257. The Hall–Kier alpha value is -1.44. The van der Waals surface area contributed by atoms with Crippen LogP contribution in [0.25, 0.3) is 0 Å². The van der Waals surface area contributed by atoms with Crippen LogP contribution in [-0.4, -0.2) is 11.5 Å². The smallest absolute Gasteiger partial charge is 0.138 e. The highest BCUT2D eigenvalue weighted by molar-refractivity contribution is 6.11. The topological polar surface area (TPSA) is 40.9 Å². The van der Waals surface area contributed by atoms with Crippen molar-refractivity contribution in [3.05, 3.63) is 35.4 Å². The Kier molecular flexibility index (Phi) is 3.78. The van der Waals surface area contributed by atoms with E-state index in [0.29, 0.717) is 12.1 Å². The number of hydrogen-bond donors (Lipinski definition) is 1. The summed E-state index contributed by atoms with van der Waals surface area (Å²) in [6.45, 7) is 5.50. The van der Waals surface area contributed by atoms with Crippen molar-refractivity contribution in [2.24, 2.45) is 5.92 Å². The number of hydrogen-bond acceptors (Lipinski definition) is 2. The van der Waals surface area contributed by atoms with Crippen LogP contribution in [0, 0.1) is 18.3 Å². The fourth-order valence-electron chi connectivity index (χ4n) is 1.63. The number of carbonyl (C=O) groups excluding carboxylic acids is 1. The van der Waals surface area contributed by atoms with Crippen molar-refractivity contribution >= 4 is 11.5 Å². The summed E-state index contributed by atoms with van der Waals surface area (Å²) in [5.41, 5.74) is 2.45. The standard InChI is InChI=1S/C13H17NO/c1-4-12(10(3)15)13(14)11-7-5-9(2)6-8-11/h5-8,12,14H,4H2,1-3H3. The molecule has 0 fully saturated rings. The summed E-state index contributed by atoms with van der Waals surface area (Å²) in [4.78, 5) is 11.3. The van der Waals surface area contributed by atoms with Crippen molar-refractivity contribution in [2.75, 3.05) is 0 Å². The van der Waals surface area contributed by atoms with Crippen LogP contribution < -0.4 is 0 Å². The average molecular weight is 203 g/mol. The zero-order valence-electron chi connectivity index (χ0n) is 9.50. The van der Waals surface area contributed by atoms with E-state index >= 15 is 0 Å². The second-order valence-corrected chi connectivity index (χ2v) is 3.85. The molecule has 0 spiro atoms. The number of nitrogens with one attached hydrogen (secondary N) is 1. The molecular formula is C13H17NO. The van der Waals surface area contributed by atoms with Gasteiger partial charge in [-0.2, -0.15) is 0 Å². The highest BCUT2D eigenvalue weighted by atomic mass is 16.1. The van der Waals surface area contributed by atoms with Gasteiger partial charge in [0.2, 0.25) is 0 Å². The predicted octanol–water partition coefficient (Wildman–Crippen LogP) is 2.98. The Bertz CT molecular complexity index is 365. The summed E-state index contributed by atoms with van der Waals surface area (Å²) >= 11 is 0. The molecule has 1 aromatic rings. The van der Waals surface area contributed by atoms with Gasteiger partial charge in [0.25, 0.3) is 0 Å². The molecule has 0 heterocycles. The third-order valence-electron chi connectivity index (χ3n) is 2.61. The zero-order valence-corrected chi connectivity index (χ0v) is 9.50.